The van der Waals surface area contributed by atoms with E-state index in [0.29, 0.717) is 91.0 Å². The molecule has 0 saturated heterocycles. The van der Waals surface area contributed by atoms with E-state index in [0.717, 1.165) is 16.6 Å². The molecule has 2 heterocycles. The molecule has 14 heteroatoms. The number of hydrogen-bond acceptors (Lipinski definition) is 11. The van der Waals surface area contributed by atoms with Crippen molar-refractivity contribution in [3.8, 4) is 34.1 Å². The standard InChI is InChI=1S/C46H40N6O7S/c1-56-37-21-20-35-41(52-46(51-35)60-25-26-12-14-28(15-13-26)44(55)50-34-10-6-7-11-36(34)53)40(37)31-22-30(23-38(57-2)42(31)58-3)45-48-24-39(59-45)27-16-18-29(19-17-27)43(54)49-33-9-5-4-8-32(33)47/h4-23,39,53H,24-25,47H2,1-3H3,(H,49,54)(H,50,55)(H,51,52). The number of aromatic amines is 1. The lowest BCUT2D eigenvalue weighted by molar-refractivity contribution is 0.101. The molecule has 0 bridgehead atoms. The second-order valence-corrected chi connectivity index (χ2v) is 14.7. The molecule has 1 aromatic heterocycles. The Labute approximate surface area is 349 Å². The van der Waals surface area contributed by atoms with E-state index in [1.165, 1.54) is 17.8 Å². The number of carbonyl (C=O) groups excluding carboxylic acids is 2. The smallest absolute Gasteiger partial charge is 0.255 e. The Morgan fingerprint density at radius 2 is 1.48 bits per heavy atom. The van der Waals surface area contributed by atoms with Crippen LogP contribution in [0.2, 0.25) is 0 Å². The fraction of sp³-hybridized carbons (Fsp3) is 0.130. The van der Waals surface area contributed by atoms with Gasteiger partial charge < -0.3 is 45.4 Å². The van der Waals surface area contributed by atoms with Gasteiger partial charge >= 0.3 is 0 Å². The summed E-state index contributed by atoms with van der Waals surface area (Å²) in [7, 11) is 4.76. The average molecular weight is 821 g/mol. The van der Waals surface area contributed by atoms with Crippen molar-refractivity contribution in [2.45, 2.75) is 17.0 Å². The van der Waals surface area contributed by atoms with Gasteiger partial charge in [-0.15, -0.1) is 0 Å². The molecule has 302 valence electrons. The molecular formula is C46H40N6O7S. The highest BCUT2D eigenvalue weighted by Gasteiger charge is 2.28. The van der Waals surface area contributed by atoms with Gasteiger partial charge in [-0.2, -0.15) is 0 Å². The maximum absolute atomic E-state index is 12.9. The molecule has 0 fully saturated rings. The third-order valence-electron chi connectivity index (χ3n) is 9.96. The highest BCUT2D eigenvalue weighted by molar-refractivity contribution is 7.98. The van der Waals surface area contributed by atoms with E-state index in [9.17, 15) is 14.7 Å². The lowest BCUT2D eigenvalue weighted by Gasteiger charge is -2.18. The first-order chi connectivity index (χ1) is 29.2. The van der Waals surface area contributed by atoms with E-state index in [4.69, 9.17) is 34.7 Å². The van der Waals surface area contributed by atoms with Gasteiger partial charge in [0.25, 0.3) is 11.8 Å². The number of hydrogen-bond donors (Lipinski definition) is 5. The van der Waals surface area contributed by atoms with Crippen LogP contribution in [0.1, 0.15) is 43.5 Å². The Balaban J connectivity index is 1.01. The van der Waals surface area contributed by atoms with Crippen molar-refractivity contribution in [2.75, 3.05) is 44.2 Å². The van der Waals surface area contributed by atoms with Crippen molar-refractivity contribution >= 4 is 57.6 Å². The number of methoxy groups -OCH3 is 3. The van der Waals surface area contributed by atoms with Gasteiger partial charge in [0.2, 0.25) is 5.90 Å². The number of ether oxygens (including phenoxy) is 4. The fourth-order valence-electron chi connectivity index (χ4n) is 6.85. The van der Waals surface area contributed by atoms with Crippen molar-refractivity contribution in [1.29, 1.82) is 0 Å². The van der Waals surface area contributed by atoms with Gasteiger partial charge in [-0.1, -0.05) is 60.3 Å². The second-order valence-electron chi connectivity index (χ2n) is 13.7. The normalized spacial score (nSPS) is 13.3. The number of aliphatic imine (C=N–C) groups is 1. The minimum atomic E-state index is -0.376. The molecule has 0 spiro atoms. The molecule has 1 aliphatic rings. The summed E-state index contributed by atoms with van der Waals surface area (Å²) in [6, 6.07) is 35.8. The number of imidazole rings is 1. The zero-order valence-electron chi connectivity index (χ0n) is 32.8. The number of nitrogens with two attached hydrogens (primary N) is 1. The van der Waals surface area contributed by atoms with E-state index in [1.54, 1.807) is 75.9 Å². The van der Waals surface area contributed by atoms with E-state index >= 15 is 0 Å². The monoisotopic (exact) mass is 820 g/mol. The largest absolute Gasteiger partial charge is 0.506 e. The van der Waals surface area contributed by atoms with Crippen LogP contribution in [0.5, 0.6) is 23.0 Å². The zero-order chi connectivity index (χ0) is 41.8. The number of fused-ring (bicyclic) bond motifs is 1. The Hall–Kier alpha value is -7.45. The van der Waals surface area contributed by atoms with Gasteiger partial charge in [0, 0.05) is 28.0 Å². The van der Waals surface area contributed by atoms with Crippen LogP contribution in [0.15, 0.2) is 131 Å². The minimum Gasteiger partial charge on any atom is -0.506 e. The summed E-state index contributed by atoms with van der Waals surface area (Å²) in [5.74, 6) is 1.95. The minimum absolute atomic E-state index is 0.000961. The van der Waals surface area contributed by atoms with E-state index in [1.807, 2.05) is 60.7 Å². The Kier molecular flexibility index (Phi) is 11.3. The van der Waals surface area contributed by atoms with Gasteiger partial charge in [-0.3, -0.25) is 9.59 Å². The third kappa shape index (κ3) is 8.13. The van der Waals surface area contributed by atoms with Crippen molar-refractivity contribution < 1.29 is 33.6 Å². The number of phenols is 1. The third-order valence-corrected chi connectivity index (χ3v) is 10.9. The number of aromatic hydroxyl groups is 1. The van der Waals surface area contributed by atoms with Crippen LogP contribution >= 0.6 is 11.8 Å². The van der Waals surface area contributed by atoms with Crippen molar-refractivity contribution in [3.63, 3.8) is 0 Å². The fourth-order valence-corrected chi connectivity index (χ4v) is 7.68. The molecule has 1 atom stereocenters. The summed E-state index contributed by atoms with van der Waals surface area (Å²) in [5, 5.41) is 16.3. The number of nitrogens with zero attached hydrogens (tertiary/aromatic N) is 2. The topological polar surface area (TPSA) is 182 Å². The average Bonchev–Trinajstić information content (AvgIpc) is 3.95. The predicted molar refractivity (Wildman–Crippen MR) is 234 cm³/mol. The lowest BCUT2D eigenvalue weighted by atomic mass is 9.98. The molecule has 6 N–H and O–H groups in total. The number of benzene rings is 6. The van der Waals surface area contributed by atoms with Crippen LogP contribution in [-0.2, 0) is 10.5 Å². The molecule has 1 unspecified atom stereocenters. The quantitative estimate of drug-likeness (QED) is 0.0428. The van der Waals surface area contributed by atoms with Gasteiger partial charge in [0.05, 0.1) is 56.0 Å². The number of anilines is 3. The summed E-state index contributed by atoms with van der Waals surface area (Å²) in [6.07, 6.45) is -0.376. The maximum atomic E-state index is 12.9. The number of aromatic nitrogens is 2. The predicted octanol–water partition coefficient (Wildman–Crippen LogP) is 8.86. The van der Waals surface area contributed by atoms with Crippen molar-refractivity contribution in [1.82, 2.24) is 9.97 Å². The number of thioether (sulfide) groups is 1. The molecule has 2 amide bonds. The molecule has 8 rings (SSSR count). The first kappa shape index (κ1) is 39.4. The molecule has 7 aromatic rings. The maximum Gasteiger partial charge on any atom is 0.255 e. The number of amides is 2. The van der Waals surface area contributed by atoms with Gasteiger partial charge in [-0.25, -0.2) is 9.98 Å². The van der Waals surface area contributed by atoms with Crippen LogP contribution in [0.4, 0.5) is 17.1 Å². The molecule has 0 aliphatic carbocycles. The van der Waals surface area contributed by atoms with Gasteiger partial charge in [0.15, 0.2) is 16.7 Å². The molecule has 13 nitrogen and oxygen atoms in total. The van der Waals surface area contributed by atoms with Gasteiger partial charge in [-0.05, 0) is 83.9 Å². The molecule has 0 saturated carbocycles. The van der Waals surface area contributed by atoms with E-state index in [-0.39, 0.29) is 23.7 Å². The molecule has 6 aromatic carbocycles. The first-order valence-corrected chi connectivity index (χ1v) is 19.8. The van der Waals surface area contributed by atoms with Crippen LogP contribution in [-0.4, -0.2) is 60.7 Å². The van der Waals surface area contributed by atoms with E-state index in [2.05, 4.69) is 15.6 Å². The number of para-hydroxylation sites is 4. The van der Waals surface area contributed by atoms with Gasteiger partial charge in [0.1, 0.15) is 23.1 Å². The highest BCUT2D eigenvalue weighted by atomic mass is 32.2. The van der Waals surface area contributed by atoms with Crippen molar-refractivity contribution in [3.05, 3.63) is 149 Å². The SMILES string of the molecule is COc1cc(C2=NCC(c3ccc(C(=O)Nc4ccccc4N)cc3)O2)cc(-c2c(OC)ccc3[nH]c(SCc4ccc(C(=O)Nc5ccccc5O)cc4)nc23)c1OC. The lowest BCUT2D eigenvalue weighted by Crippen LogP contribution is -2.13. The second kappa shape index (κ2) is 17.2. The zero-order valence-corrected chi connectivity index (χ0v) is 33.6. The Morgan fingerprint density at radius 1 is 0.817 bits per heavy atom. The highest BCUT2D eigenvalue weighted by Crippen LogP contribution is 2.46. The molecule has 60 heavy (non-hydrogen) atoms. The number of nitrogen functional groups attached to an aromatic ring is 1. The summed E-state index contributed by atoms with van der Waals surface area (Å²) in [4.78, 5) is 38.9. The van der Waals surface area contributed by atoms with Crippen LogP contribution < -0.4 is 30.6 Å². The number of H-pyrrole nitrogens is 1. The number of nitrogens with one attached hydrogen (secondary N) is 3. The van der Waals surface area contributed by atoms with E-state index < -0.39 is 0 Å². The summed E-state index contributed by atoms with van der Waals surface area (Å²) in [5.41, 5.74) is 13.7. The summed E-state index contributed by atoms with van der Waals surface area (Å²) < 4.78 is 24.1. The van der Waals surface area contributed by atoms with Crippen LogP contribution in [0, 0.1) is 0 Å². The van der Waals surface area contributed by atoms with Crippen LogP contribution in [0.25, 0.3) is 22.2 Å². The molecular weight excluding hydrogens is 781 g/mol. The molecule has 1 aliphatic heterocycles. The number of carbonyl (C=O) groups is 2. The van der Waals surface area contributed by atoms with Crippen molar-refractivity contribution in [2.24, 2.45) is 4.99 Å². The summed E-state index contributed by atoms with van der Waals surface area (Å²) in [6.45, 7) is 0.373. The summed E-state index contributed by atoms with van der Waals surface area (Å²) >= 11 is 1.51. The Bertz CT molecular complexity index is 2750. The van der Waals surface area contributed by atoms with Crippen LogP contribution in [0.3, 0.4) is 0 Å². The Morgan fingerprint density at radius 3 is 2.17 bits per heavy atom. The number of phenolic OH excluding ortho intramolecular Hbond substituents is 1. The molecule has 0 radical (unpaired) electrons. The first-order valence-electron chi connectivity index (χ1n) is 18.8. The number of rotatable bonds is 13.